The van der Waals surface area contributed by atoms with Crippen LogP contribution < -0.4 is 10.1 Å². The number of aromatic nitrogens is 2. The van der Waals surface area contributed by atoms with Gasteiger partial charge >= 0.3 is 0 Å². The molecular weight excluding hydrogens is 346 g/mol. The van der Waals surface area contributed by atoms with Crippen molar-refractivity contribution in [1.29, 1.82) is 0 Å². The van der Waals surface area contributed by atoms with Gasteiger partial charge < -0.3 is 10.1 Å². The number of hydrogen-bond donors (Lipinski definition) is 1. The Morgan fingerprint density at radius 3 is 2.42 bits per heavy atom. The molecule has 1 amide bonds. The molecule has 6 heteroatoms. The molecule has 26 heavy (non-hydrogen) atoms. The molecule has 5 nitrogen and oxygen atoms in total. The minimum atomic E-state index is 0.0492. The molecule has 1 N–H and O–H groups in total. The van der Waals surface area contributed by atoms with E-state index in [1.807, 2.05) is 48.5 Å². The zero-order valence-electron chi connectivity index (χ0n) is 14.9. The first kappa shape index (κ1) is 18.1. The van der Waals surface area contributed by atoms with Crippen LogP contribution in [0.4, 0.5) is 5.69 Å². The molecule has 3 aromatic rings. The highest BCUT2D eigenvalue weighted by atomic mass is 32.1. The quantitative estimate of drug-likeness (QED) is 0.637. The van der Waals surface area contributed by atoms with Crippen molar-refractivity contribution in [1.82, 2.24) is 9.36 Å². The number of nitrogens with zero attached hydrogens (tertiary/aromatic N) is 2. The Morgan fingerprint density at radius 2 is 1.77 bits per heavy atom. The van der Waals surface area contributed by atoms with E-state index in [1.54, 1.807) is 7.11 Å². The predicted molar refractivity (Wildman–Crippen MR) is 105 cm³/mol. The molecular formula is C20H21N3O2S. The summed E-state index contributed by atoms with van der Waals surface area (Å²) in [5.41, 5.74) is 2.72. The lowest BCUT2D eigenvalue weighted by atomic mass is 10.2. The van der Waals surface area contributed by atoms with Gasteiger partial charge in [-0.3, -0.25) is 4.79 Å². The summed E-state index contributed by atoms with van der Waals surface area (Å²) in [5, 5.41) is 3.77. The standard InChI is InChI=1S/C20H21N3O2S/c1-3-4-5-18(24)21-16-10-6-14(7-11-16)19-22-20(26-23-19)15-8-12-17(25-2)13-9-15/h6-13H,3-5H2,1-2H3,(H,21,24). The lowest BCUT2D eigenvalue weighted by Gasteiger charge is -2.05. The highest BCUT2D eigenvalue weighted by Crippen LogP contribution is 2.27. The maximum absolute atomic E-state index is 11.8. The maximum Gasteiger partial charge on any atom is 0.224 e. The van der Waals surface area contributed by atoms with E-state index < -0.39 is 0 Å². The van der Waals surface area contributed by atoms with E-state index in [0.717, 1.165) is 40.4 Å². The van der Waals surface area contributed by atoms with Crippen molar-refractivity contribution in [2.24, 2.45) is 0 Å². The Balaban J connectivity index is 1.69. The Morgan fingerprint density at radius 1 is 1.08 bits per heavy atom. The van der Waals surface area contributed by atoms with E-state index in [0.29, 0.717) is 12.2 Å². The summed E-state index contributed by atoms with van der Waals surface area (Å²) in [6.07, 6.45) is 2.47. The van der Waals surface area contributed by atoms with Crippen LogP contribution in [0.3, 0.4) is 0 Å². The fourth-order valence-corrected chi connectivity index (χ4v) is 3.14. The Kier molecular flexibility index (Phi) is 5.96. The van der Waals surface area contributed by atoms with Gasteiger partial charge in [0.2, 0.25) is 5.91 Å². The van der Waals surface area contributed by atoms with Crippen LogP contribution in [0.5, 0.6) is 5.75 Å². The molecule has 0 saturated heterocycles. The molecule has 0 saturated carbocycles. The van der Waals surface area contributed by atoms with Crippen molar-refractivity contribution < 1.29 is 9.53 Å². The van der Waals surface area contributed by atoms with Crippen LogP contribution in [-0.2, 0) is 4.79 Å². The SMILES string of the molecule is CCCCC(=O)Nc1ccc(-c2nsc(-c3ccc(OC)cc3)n2)cc1. The largest absolute Gasteiger partial charge is 0.497 e. The highest BCUT2D eigenvalue weighted by Gasteiger charge is 2.09. The first-order valence-electron chi connectivity index (χ1n) is 8.58. The van der Waals surface area contributed by atoms with Crippen LogP contribution in [0.25, 0.3) is 22.0 Å². The van der Waals surface area contributed by atoms with Crippen molar-refractivity contribution in [3.63, 3.8) is 0 Å². The lowest BCUT2D eigenvalue weighted by Crippen LogP contribution is -2.10. The van der Waals surface area contributed by atoms with Crippen molar-refractivity contribution >= 4 is 23.1 Å². The minimum Gasteiger partial charge on any atom is -0.497 e. The van der Waals surface area contributed by atoms with Crippen LogP contribution >= 0.6 is 11.5 Å². The first-order valence-corrected chi connectivity index (χ1v) is 9.35. The monoisotopic (exact) mass is 367 g/mol. The second-order valence-corrected chi connectivity index (χ2v) is 6.63. The normalized spacial score (nSPS) is 10.5. The van der Waals surface area contributed by atoms with Gasteiger partial charge in [-0.15, -0.1) is 0 Å². The number of rotatable bonds is 7. The third-order valence-electron chi connectivity index (χ3n) is 3.95. The summed E-state index contributed by atoms with van der Waals surface area (Å²) in [6.45, 7) is 2.07. The molecule has 0 atom stereocenters. The summed E-state index contributed by atoms with van der Waals surface area (Å²) in [7, 11) is 1.65. The van der Waals surface area contributed by atoms with Gasteiger partial charge in [-0.25, -0.2) is 4.98 Å². The van der Waals surface area contributed by atoms with Crippen molar-refractivity contribution in [2.45, 2.75) is 26.2 Å². The summed E-state index contributed by atoms with van der Waals surface area (Å²) in [6, 6.07) is 15.4. The zero-order valence-corrected chi connectivity index (χ0v) is 15.7. The van der Waals surface area contributed by atoms with Gasteiger partial charge in [0, 0.05) is 23.2 Å². The van der Waals surface area contributed by atoms with Gasteiger partial charge in [-0.05, 0) is 66.5 Å². The molecule has 0 bridgehead atoms. The van der Waals surface area contributed by atoms with Crippen LogP contribution in [0, 0.1) is 0 Å². The van der Waals surface area contributed by atoms with E-state index in [-0.39, 0.29) is 5.91 Å². The van der Waals surface area contributed by atoms with Crippen molar-refractivity contribution in [2.75, 3.05) is 12.4 Å². The average molecular weight is 367 g/mol. The summed E-state index contributed by atoms with van der Waals surface area (Å²) < 4.78 is 9.63. The van der Waals surface area contributed by atoms with E-state index in [2.05, 4.69) is 21.6 Å². The third-order valence-corrected chi connectivity index (χ3v) is 4.71. The van der Waals surface area contributed by atoms with Gasteiger partial charge in [0.1, 0.15) is 10.8 Å². The molecule has 0 radical (unpaired) electrons. The number of amides is 1. The second kappa shape index (κ2) is 8.58. The molecule has 3 rings (SSSR count). The number of carbonyl (C=O) groups is 1. The molecule has 134 valence electrons. The Bertz CT molecular complexity index is 858. The molecule has 2 aromatic carbocycles. The van der Waals surface area contributed by atoms with Gasteiger partial charge in [0.05, 0.1) is 7.11 Å². The first-order chi connectivity index (χ1) is 12.7. The number of benzene rings is 2. The molecule has 1 aromatic heterocycles. The summed E-state index contributed by atoms with van der Waals surface area (Å²) >= 11 is 1.36. The Hall–Kier alpha value is -2.73. The van der Waals surface area contributed by atoms with Crippen molar-refractivity contribution in [3.8, 4) is 27.7 Å². The molecule has 0 fully saturated rings. The van der Waals surface area contributed by atoms with Gasteiger partial charge in [0.15, 0.2) is 5.82 Å². The average Bonchev–Trinajstić information content (AvgIpc) is 3.17. The van der Waals surface area contributed by atoms with E-state index in [9.17, 15) is 4.79 Å². The molecule has 0 unspecified atom stereocenters. The fraction of sp³-hybridized carbons (Fsp3) is 0.250. The van der Waals surface area contributed by atoms with Crippen LogP contribution in [-0.4, -0.2) is 22.4 Å². The fourth-order valence-electron chi connectivity index (χ4n) is 2.46. The molecule has 1 heterocycles. The number of hydrogen-bond acceptors (Lipinski definition) is 5. The molecule has 0 spiro atoms. The van der Waals surface area contributed by atoms with Crippen LogP contribution in [0.1, 0.15) is 26.2 Å². The number of unbranched alkanes of at least 4 members (excludes halogenated alkanes) is 1. The summed E-state index contributed by atoms with van der Waals surface area (Å²) in [5.74, 6) is 1.55. The number of nitrogens with one attached hydrogen (secondary N) is 1. The minimum absolute atomic E-state index is 0.0492. The van der Waals surface area contributed by atoms with Crippen LogP contribution in [0.2, 0.25) is 0 Å². The van der Waals surface area contributed by atoms with Gasteiger partial charge in [-0.1, -0.05) is 13.3 Å². The number of anilines is 1. The second-order valence-electron chi connectivity index (χ2n) is 5.88. The predicted octanol–water partition coefficient (Wildman–Crippen LogP) is 5.01. The summed E-state index contributed by atoms with van der Waals surface area (Å²) in [4.78, 5) is 16.4. The maximum atomic E-state index is 11.8. The number of carbonyl (C=O) groups excluding carboxylic acids is 1. The van der Waals surface area contributed by atoms with Crippen LogP contribution in [0.15, 0.2) is 48.5 Å². The van der Waals surface area contributed by atoms with Gasteiger partial charge in [-0.2, -0.15) is 4.37 Å². The Labute approximate surface area is 157 Å². The van der Waals surface area contributed by atoms with E-state index >= 15 is 0 Å². The third kappa shape index (κ3) is 4.46. The topological polar surface area (TPSA) is 64.1 Å². The number of methoxy groups -OCH3 is 1. The van der Waals surface area contributed by atoms with Gasteiger partial charge in [0.25, 0.3) is 0 Å². The van der Waals surface area contributed by atoms with Crippen molar-refractivity contribution in [3.05, 3.63) is 48.5 Å². The zero-order chi connectivity index (χ0) is 18.4. The van der Waals surface area contributed by atoms with E-state index in [4.69, 9.17) is 4.74 Å². The molecule has 0 aliphatic carbocycles. The lowest BCUT2D eigenvalue weighted by molar-refractivity contribution is -0.116. The van der Waals surface area contributed by atoms with E-state index in [1.165, 1.54) is 11.5 Å². The highest BCUT2D eigenvalue weighted by molar-refractivity contribution is 7.09. The smallest absolute Gasteiger partial charge is 0.224 e. The molecule has 0 aliphatic rings. The number of ether oxygens (including phenoxy) is 1. The molecule has 0 aliphatic heterocycles.